The number of hydrogen-bond donors (Lipinski definition) is 1. The molecule has 0 bridgehead atoms. The second-order valence-electron chi connectivity index (χ2n) is 3.95. The molecule has 0 atom stereocenters. The van der Waals surface area contributed by atoms with Crippen molar-refractivity contribution >= 4 is 22.5 Å². The minimum absolute atomic E-state index is 0.0772. The average Bonchev–Trinajstić information content (AvgIpc) is 2.41. The Hall–Kier alpha value is -2.13. The van der Waals surface area contributed by atoms with Gasteiger partial charge >= 0.3 is 0 Å². The summed E-state index contributed by atoms with van der Waals surface area (Å²) >= 11 is 5.83. The third-order valence-corrected chi connectivity index (χ3v) is 3.04. The van der Waals surface area contributed by atoms with Gasteiger partial charge in [0.05, 0.1) is 5.52 Å². The maximum absolute atomic E-state index is 12.3. The molecule has 2 aromatic carbocycles. The number of H-pyrrole nitrogens is 1. The number of nitrogens with one attached hydrogen (secondary N) is 1. The second-order valence-corrected chi connectivity index (χ2v) is 4.39. The molecule has 0 amide bonds. The molecule has 0 spiro atoms. The normalized spacial score (nSPS) is 10.7. The summed E-state index contributed by atoms with van der Waals surface area (Å²) in [6, 6.07) is 14.4. The van der Waals surface area contributed by atoms with Crippen molar-refractivity contribution in [2.75, 3.05) is 0 Å². The van der Waals surface area contributed by atoms with Crippen LogP contribution in [0.3, 0.4) is 0 Å². The lowest BCUT2D eigenvalue weighted by molar-refractivity contribution is 1.07. The molecule has 0 saturated heterocycles. The van der Waals surface area contributed by atoms with Gasteiger partial charge in [-0.3, -0.25) is 9.89 Å². The highest BCUT2D eigenvalue weighted by molar-refractivity contribution is 6.30. The van der Waals surface area contributed by atoms with E-state index in [1.165, 1.54) is 0 Å². The highest BCUT2D eigenvalue weighted by Crippen LogP contribution is 2.18. The van der Waals surface area contributed by atoms with E-state index in [9.17, 15) is 4.79 Å². The predicted molar refractivity (Wildman–Crippen MR) is 72.8 cm³/mol. The Bertz CT molecular complexity index is 763. The molecule has 0 aliphatic carbocycles. The molecule has 0 radical (unpaired) electrons. The van der Waals surface area contributed by atoms with E-state index < -0.39 is 0 Å². The molecule has 88 valence electrons. The van der Waals surface area contributed by atoms with Crippen LogP contribution < -0.4 is 5.43 Å². The maximum atomic E-state index is 12.3. The number of halogens is 1. The van der Waals surface area contributed by atoms with Crippen LogP contribution in [0.1, 0.15) is 0 Å². The standard InChI is InChI=1S/C14H9ClN2O/c15-10-7-5-9(6-8-10)13-14(18)11-3-1-2-4-12(11)16-17-13/h1-8H,(H,16,18). The van der Waals surface area contributed by atoms with Gasteiger partial charge in [-0.25, -0.2) is 0 Å². The van der Waals surface area contributed by atoms with Crippen molar-refractivity contribution < 1.29 is 0 Å². The first-order chi connectivity index (χ1) is 8.75. The van der Waals surface area contributed by atoms with Crippen LogP contribution in [0, 0.1) is 0 Å². The minimum Gasteiger partial charge on any atom is -0.287 e. The highest BCUT2D eigenvalue weighted by Gasteiger charge is 2.08. The van der Waals surface area contributed by atoms with Crippen molar-refractivity contribution in [3.63, 3.8) is 0 Å². The van der Waals surface area contributed by atoms with E-state index in [1.54, 1.807) is 30.3 Å². The largest absolute Gasteiger partial charge is 0.287 e. The van der Waals surface area contributed by atoms with Crippen molar-refractivity contribution in [1.82, 2.24) is 10.2 Å². The summed E-state index contributed by atoms with van der Waals surface area (Å²) in [7, 11) is 0. The number of benzene rings is 2. The molecule has 1 aromatic heterocycles. The van der Waals surface area contributed by atoms with E-state index in [0.29, 0.717) is 16.1 Å². The number of nitrogens with zero attached hydrogens (tertiary/aromatic N) is 1. The van der Waals surface area contributed by atoms with Gasteiger partial charge in [-0.1, -0.05) is 35.9 Å². The van der Waals surface area contributed by atoms with Gasteiger partial charge in [-0.15, -0.1) is 0 Å². The fraction of sp³-hybridized carbons (Fsp3) is 0. The SMILES string of the molecule is O=c1c(-c2ccc(Cl)cc2)n[nH]c2ccccc12. The number of hydrogen-bond acceptors (Lipinski definition) is 2. The first-order valence-corrected chi connectivity index (χ1v) is 5.87. The molecule has 1 heterocycles. The predicted octanol–water partition coefficient (Wildman–Crippen LogP) is 3.24. The summed E-state index contributed by atoms with van der Waals surface area (Å²) in [5.74, 6) is 0. The molecule has 0 saturated carbocycles. The van der Waals surface area contributed by atoms with Gasteiger partial charge in [0.15, 0.2) is 0 Å². The van der Waals surface area contributed by atoms with E-state index in [1.807, 2.05) is 18.2 Å². The first kappa shape index (κ1) is 11.0. The molecule has 3 aromatic rings. The summed E-state index contributed by atoms with van der Waals surface area (Å²) in [4.78, 5) is 12.3. The number of aromatic nitrogens is 2. The smallest absolute Gasteiger partial charge is 0.215 e. The highest BCUT2D eigenvalue weighted by atomic mass is 35.5. The lowest BCUT2D eigenvalue weighted by Gasteiger charge is -2.02. The maximum Gasteiger partial charge on any atom is 0.215 e. The summed E-state index contributed by atoms with van der Waals surface area (Å²) in [5.41, 5.74) is 1.82. The van der Waals surface area contributed by atoms with Gasteiger partial charge in [-0.05, 0) is 24.3 Å². The average molecular weight is 257 g/mol. The fourth-order valence-electron chi connectivity index (χ4n) is 1.88. The van der Waals surface area contributed by atoms with Crippen LogP contribution in [0.2, 0.25) is 5.02 Å². The van der Waals surface area contributed by atoms with Crippen molar-refractivity contribution in [3.8, 4) is 11.3 Å². The number of aromatic amines is 1. The lowest BCUT2D eigenvalue weighted by atomic mass is 10.1. The summed E-state index contributed by atoms with van der Waals surface area (Å²) in [5, 5.41) is 8.29. The Kier molecular flexibility index (Phi) is 2.61. The van der Waals surface area contributed by atoms with Crippen LogP contribution in [0.4, 0.5) is 0 Å². The summed E-state index contributed by atoms with van der Waals surface area (Å²) in [6.45, 7) is 0. The number of fused-ring (bicyclic) bond motifs is 1. The molecular formula is C14H9ClN2O. The Morgan fingerprint density at radius 2 is 1.72 bits per heavy atom. The second kappa shape index (κ2) is 4.27. The van der Waals surface area contributed by atoms with Crippen LogP contribution in [0.15, 0.2) is 53.3 Å². The quantitative estimate of drug-likeness (QED) is 0.726. The van der Waals surface area contributed by atoms with Gasteiger partial charge in [0.2, 0.25) is 5.43 Å². The zero-order chi connectivity index (χ0) is 12.5. The molecule has 3 nitrogen and oxygen atoms in total. The molecule has 18 heavy (non-hydrogen) atoms. The summed E-state index contributed by atoms with van der Waals surface area (Å²) in [6.07, 6.45) is 0. The van der Waals surface area contributed by atoms with Crippen LogP contribution in [0.5, 0.6) is 0 Å². The Morgan fingerprint density at radius 1 is 1.00 bits per heavy atom. The topological polar surface area (TPSA) is 45.8 Å². The molecule has 0 aliphatic rings. The van der Waals surface area contributed by atoms with Crippen molar-refractivity contribution in [3.05, 3.63) is 63.8 Å². The fourth-order valence-corrected chi connectivity index (χ4v) is 2.00. The monoisotopic (exact) mass is 256 g/mol. The van der Waals surface area contributed by atoms with Crippen LogP contribution >= 0.6 is 11.6 Å². The van der Waals surface area contributed by atoms with Gasteiger partial charge in [0.1, 0.15) is 5.69 Å². The molecule has 0 fully saturated rings. The third kappa shape index (κ3) is 1.79. The molecular weight excluding hydrogens is 248 g/mol. The lowest BCUT2D eigenvalue weighted by Crippen LogP contribution is -2.09. The molecule has 1 N–H and O–H groups in total. The van der Waals surface area contributed by atoms with Crippen molar-refractivity contribution in [1.29, 1.82) is 0 Å². The van der Waals surface area contributed by atoms with E-state index in [0.717, 1.165) is 11.1 Å². The van der Waals surface area contributed by atoms with Gasteiger partial charge in [-0.2, -0.15) is 5.10 Å². The van der Waals surface area contributed by atoms with Crippen molar-refractivity contribution in [2.45, 2.75) is 0 Å². The Morgan fingerprint density at radius 3 is 2.50 bits per heavy atom. The van der Waals surface area contributed by atoms with Crippen LogP contribution in [0.25, 0.3) is 22.2 Å². The molecule has 3 rings (SSSR count). The van der Waals surface area contributed by atoms with E-state index in [2.05, 4.69) is 10.2 Å². The van der Waals surface area contributed by atoms with Gasteiger partial charge in [0, 0.05) is 16.0 Å². The van der Waals surface area contributed by atoms with E-state index >= 15 is 0 Å². The zero-order valence-electron chi connectivity index (χ0n) is 9.35. The Labute approximate surface area is 108 Å². The van der Waals surface area contributed by atoms with Gasteiger partial charge < -0.3 is 0 Å². The number of para-hydroxylation sites is 1. The first-order valence-electron chi connectivity index (χ1n) is 5.49. The van der Waals surface area contributed by atoms with Crippen LogP contribution in [-0.4, -0.2) is 10.2 Å². The van der Waals surface area contributed by atoms with Gasteiger partial charge in [0.25, 0.3) is 0 Å². The number of rotatable bonds is 1. The summed E-state index contributed by atoms with van der Waals surface area (Å²) < 4.78 is 0. The van der Waals surface area contributed by atoms with Crippen molar-refractivity contribution in [2.24, 2.45) is 0 Å². The van der Waals surface area contributed by atoms with E-state index in [4.69, 9.17) is 11.6 Å². The zero-order valence-corrected chi connectivity index (χ0v) is 10.1. The Balaban J connectivity index is 2.27. The molecule has 4 heteroatoms. The third-order valence-electron chi connectivity index (χ3n) is 2.79. The minimum atomic E-state index is -0.0772. The van der Waals surface area contributed by atoms with E-state index in [-0.39, 0.29) is 5.43 Å². The van der Waals surface area contributed by atoms with Crippen LogP contribution in [-0.2, 0) is 0 Å². The molecule has 0 aliphatic heterocycles. The molecule has 0 unspecified atom stereocenters.